The van der Waals surface area contributed by atoms with Gasteiger partial charge in [-0.05, 0) is 44.9 Å². The topological polar surface area (TPSA) is 24.9 Å². The van der Waals surface area contributed by atoms with Crippen LogP contribution in [-0.2, 0) is 9.47 Å². The zero-order valence-electron chi connectivity index (χ0n) is 15.2. The van der Waals surface area contributed by atoms with E-state index in [0.29, 0.717) is 22.6 Å². The minimum absolute atomic E-state index is 0.484. The third kappa shape index (κ3) is 3.61. The van der Waals surface area contributed by atoms with Crippen LogP contribution >= 0.6 is 23.4 Å². The van der Waals surface area contributed by atoms with Crippen LogP contribution < -0.4 is 0 Å². The zero-order valence-corrected chi connectivity index (χ0v) is 17.7. The van der Waals surface area contributed by atoms with Crippen LogP contribution in [0.15, 0.2) is 0 Å². The molecule has 1 saturated carbocycles. The molecule has 0 spiro atoms. The van der Waals surface area contributed by atoms with Gasteiger partial charge in [-0.25, -0.2) is 0 Å². The van der Waals surface area contributed by atoms with Crippen LogP contribution in [0.4, 0.5) is 0 Å². The molecule has 2 unspecified atom stereocenters. The Bertz CT molecular complexity index is 396. The molecule has 1 aliphatic carbocycles. The van der Waals surface area contributed by atoms with Crippen molar-refractivity contribution in [1.82, 2.24) is 9.34 Å². The van der Waals surface area contributed by atoms with Gasteiger partial charge < -0.3 is 9.47 Å². The van der Waals surface area contributed by atoms with Crippen LogP contribution in [-0.4, -0.2) is 80.0 Å². The second kappa shape index (κ2) is 8.67. The summed E-state index contributed by atoms with van der Waals surface area (Å²) in [6, 6.07) is 0.967. The standard InChI is InChI=1S/C17H32BBrN2O2P/c1-22-12-14-6-4-10-20(14)24(18,17-9-3-8-16(17)19)21-11-5-7-15(21)13-23-2/h14-17H,3-13H2,1-2H3/q+1/t14-,15-,16?,17?/m1/s1. The lowest BCUT2D eigenvalue weighted by molar-refractivity contribution is 0.135. The predicted octanol–water partition coefficient (Wildman–Crippen LogP) is 3.46. The summed E-state index contributed by atoms with van der Waals surface area (Å²) < 4.78 is 16.5. The Kier molecular flexibility index (Phi) is 7.07. The van der Waals surface area contributed by atoms with Crippen LogP contribution in [0.5, 0.6) is 0 Å². The molecule has 0 aromatic carbocycles. The van der Waals surface area contributed by atoms with Gasteiger partial charge in [-0.3, -0.25) is 0 Å². The second-order valence-electron chi connectivity index (χ2n) is 7.54. The Morgan fingerprint density at radius 2 is 1.46 bits per heavy atom. The third-order valence-electron chi connectivity index (χ3n) is 6.12. The van der Waals surface area contributed by atoms with E-state index in [1.807, 2.05) is 14.2 Å². The lowest BCUT2D eigenvalue weighted by Crippen LogP contribution is -2.48. The number of alkyl halides is 1. The fourth-order valence-electron chi connectivity index (χ4n) is 5.06. The molecule has 0 aromatic heterocycles. The first-order chi connectivity index (χ1) is 11.6. The molecule has 3 aliphatic rings. The largest absolute Gasteiger partial charge is 0.409 e. The van der Waals surface area contributed by atoms with Crippen molar-refractivity contribution in [2.75, 3.05) is 40.5 Å². The maximum Gasteiger partial charge on any atom is 0.409 e. The fraction of sp³-hybridized carbons (Fsp3) is 1.00. The Hall–Kier alpha value is 0.815. The summed E-state index contributed by atoms with van der Waals surface area (Å²) in [5.74, 6) is 0. The number of rotatable bonds is 7. The lowest BCUT2D eigenvalue weighted by atomic mass is 10.2. The van der Waals surface area contributed by atoms with E-state index in [2.05, 4.69) is 25.3 Å². The first-order valence-electron chi connectivity index (χ1n) is 9.46. The predicted molar refractivity (Wildman–Crippen MR) is 106 cm³/mol. The molecule has 7 heteroatoms. The molecule has 3 fully saturated rings. The van der Waals surface area contributed by atoms with E-state index in [1.54, 1.807) is 0 Å². The number of nitrogens with zero attached hydrogens (tertiary/aromatic N) is 2. The third-order valence-corrected chi connectivity index (χ3v) is 11.9. The highest BCUT2D eigenvalue weighted by Gasteiger charge is 2.60. The molecule has 2 heterocycles. The minimum atomic E-state index is -1.88. The molecule has 0 amide bonds. The average Bonchev–Trinajstić information content (AvgIpc) is 3.28. The van der Waals surface area contributed by atoms with E-state index in [-0.39, 0.29) is 0 Å². The van der Waals surface area contributed by atoms with Crippen molar-refractivity contribution in [3.8, 4) is 0 Å². The molecule has 4 nitrogen and oxygen atoms in total. The van der Waals surface area contributed by atoms with Gasteiger partial charge in [0.25, 0.3) is 0 Å². The van der Waals surface area contributed by atoms with Gasteiger partial charge in [-0.2, -0.15) is 9.34 Å². The van der Waals surface area contributed by atoms with Crippen LogP contribution in [0.1, 0.15) is 44.9 Å². The normalized spacial score (nSPS) is 36.0. The van der Waals surface area contributed by atoms with Gasteiger partial charge >= 0.3 is 7.57 Å². The molecule has 2 aliphatic heterocycles. The molecular weight excluding hydrogens is 386 g/mol. The number of ether oxygens (including phenoxy) is 2. The van der Waals surface area contributed by atoms with Gasteiger partial charge in [0, 0.05) is 27.3 Å². The molecular formula is C17H32BBrN2O2P+. The van der Waals surface area contributed by atoms with Gasteiger partial charge in [0.1, 0.15) is 7.44 Å². The summed E-state index contributed by atoms with van der Waals surface area (Å²) in [5.41, 5.74) is 0.576. The highest BCUT2D eigenvalue weighted by molar-refractivity contribution is 9.09. The number of methoxy groups -OCH3 is 2. The van der Waals surface area contributed by atoms with Crippen molar-refractivity contribution in [2.24, 2.45) is 0 Å². The Morgan fingerprint density at radius 1 is 0.917 bits per heavy atom. The van der Waals surface area contributed by atoms with Crippen molar-refractivity contribution >= 4 is 30.9 Å². The van der Waals surface area contributed by atoms with E-state index >= 15 is 0 Å². The smallest absolute Gasteiger partial charge is 0.383 e. The van der Waals surface area contributed by atoms with Gasteiger partial charge in [0.05, 0.1) is 35.8 Å². The molecule has 24 heavy (non-hydrogen) atoms. The molecule has 0 aromatic rings. The molecule has 0 N–H and O–H groups in total. The molecule has 0 bridgehead atoms. The Balaban J connectivity index is 1.91. The van der Waals surface area contributed by atoms with Crippen molar-refractivity contribution in [3.63, 3.8) is 0 Å². The SMILES string of the molecule is [B][P+](C1CCCC1Br)(N1CCC[C@@H]1COC)N1CCC[C@@H]1COC. The maximum atomic E-state index is 7.47. The van der Waals surface area contributed by atoms with Crippen molar-refractivity contribution < 1.29 is 9.47 Å². The first-order valence-corrected chi connectivity index (χ1v) is 12.2. The highest BCUT2D eigenvalue weighted by Crippen LogP contribution is 2.72. The number of hydrogen-bond donors (Lipinski definition) is 0. The zero-order chi connectivity index (χ0) is 17.2. The van der Waals surface area contributed by atoms with Gasteiger partial charge in [0.2, 0.25) is 0 Å². The van der Waals surface area contributed by atoms with Crippen molar-refractivity contribution in [3.05, 3.63) is 0 Å². The lowest BCUT2D eigenvalue weighted by Gasteiger charge is -2.47. The Morgan fingerprint density at radius 3 is 1.88 bits per heavy atom. The molecule has 2 saturated heterocycles. The van der Waals surface area contributed by atoms with Gasteiger partial charge in [-0.1, -0.05) is 15.9 Å². The van der Waals surface area contributed by atoms with E-state index in [9.17, 15) is 0 Å². The average molecular weight is 418 g/mol. The second-order valence-corrected chi connectivity index (χ2v) is 11.8. The molecule has 136 valence electrons. The summed E-state index contributed by atoms with van der Waals surface area (Å²) in [6.45, 7) is 3.87. The summed E-state index contributed by atoms with van der Waals surface area (Å²) in [7, 11) is 9.23. The van der Waals surface area contributed by atoms with Gasteiger partial charge in [-0.15, -0.1) is 0 Å². The van der Waals surface area contributed by atoms with E-state index in [4.69, 9.17) is 17.0 Å². The van der Waals surface area contributed by atoms with Crippen molar-refractivity contribution in [1.29, 1.82) is 0 Å². The van der Waals surface area contributed by atoms with Gasteiger partial charge in [0.15, 0.2) is 0 Å². The summed E-state index contributed by atoms with van der Waals surface area (Å²) in [6.07, 6.45) is 8.74. The monoisotopic (exact) mass is 417 g/mol. The molecule has 2 radical (unpaired) electrons. The maximum absolute atomic E-state index is 7.47. The summed E-state index contributed by atoms with van der Waals surface area (Å²) in [4.78, 5) is 0.559. The van der Waals surface area contributed by atoms with Crippen LogP contribution in [0, 0.1) is 0 Å². The van der Waals surface area contributed by atoms with E-state index < -0.39 is 7.44 Å². The fourth-order valence-corrected chi connectivity index (χ4v) is 11.3. The molecule has 3 rings (SSSR count). The van der Waals surface area contributed by atoms with Crippen molar-refractivity contribution in [2.45, 2.75) is 67.5 Å². The quantitative estimate of drug-likeness (QED) is 0.359. The van der Waals surface area contributed by atoms with Crippen LogP contribution in [0.3, 0.4) is 0 Å². The van der Waals surface area contributed by atoms with Crippen LogP contribution in [0.25, 0.3) is 0 Å². The number of hydrogen-bond acceptors (Lipinski definition) is 4. The number of halogens is 1. The minimum Gasteiger partial charge on any atom is -0.383 e. The van der Waals surface area contributed by atoms with E-state index in [0.717, 1.165) is 26.3 Å². The summed E-state index contributed by atoms with van der Waals surface area (Å²) in [5, 5.41) is 0. The molecule has 4 atom stereocenters. The van der Waals surface area contributed by atoms with Crippen LogP contribution in [0.2, 0.25) is 0 Å². The Labute approximate surface area is 157 Å². The first kappa shape index (κ1) is 19.6. The highest BCUT2D eigenvalue weighted by atomic mass is 79.9. The van der Waals surface area contributed by atoms with E-state index in [1.165, 1.54) is 44.9 Å². The summed E-state index contributed by atoms with van der Waals surface area (Å²) >= 11 is 3.98.